The van der Waals surface area contributed by atoms with Crippen molar-refractivity contribution in [1.82, 2.24) is 19.5 Å². The third-order valence-corrected chi connectivity index (χ3v) is 4.74. The first-order valence-electron chi connectivity index (χ1n) is 8.53. The van der Waals surface area contributed by atoms with Crippen molar-refractivity contribution in [3.63, 3.8) is 0 Å². The fraction of sp³-hybridized carbons (Fsp3) is 0.688. The van der Waals surface area contributed by atoms with Gasteiger partial charge in [0.05, 0.1) is 19.0 Å². The molecule has 4 N–H and O–H groups in total. The molecule has 0 saturated carbocycles. The quantitative estimate of drug-likeness (QED) is 0.650. The van der Waals surface area contributed by atoms with Crippen molar-refractivity contribution in [2.24, 2.45) is 0 Å². The number of hydrogen-bond donors (Lipinski definition) is 3. The molecule has 132 valence electrons. The van der Waals surface area contributed by atoms with Gasteiger partial charge in [-0.2, -0.15) is 0 Å². The zero-order valence-corrected chi connectivity index (χ0v) is 13.9. The van der Waals surface area contributed by atoms with Gasteiger partial charge in [0.2, 0.25) is 0 Å². The Balaban J connectivity index is 1.99. The summed E-state index contributed by atoms with van der Waals surface area (Å²) in [6, 6.07) is 0. The lowest BCUT2D eigenvalue weighted by molar-refractivity contribution is -0.151. The normalized spacial score (nSPS) is 27.1. The summed E-state index contributed by atoms with van der Waals surface area (Å²) in [5.41, 5.74) is 5.93. The van der Waals surface area contributed by atoms with Crippen LogP contribution in [0.1, 0.15) is 45.4 Å². The average molecular weight is 335 g/mol. The minimum Gasteiger partial charge on any atom is -0.394 e. The topological polar surface area (TPSA) is 119 Å². The number of nitrogen functional groups attached to an aromatic ring is 1. The van der Waals surface area contributed by atoms with E-state index in [0.29, 0.717) is 29.8 Å². The highest BCUT2D eigenvalue weighted by Gasteiger charge is 2.49. The van der Waals surface area contributed by atoms with Crippen molar-refractivity contribution in [1.29, 1.82) is 0 Å². The van der Waals surface area contributed by atoms with Gasteiger partial charge >= 0.3 is 0 Å². The fourth-order valence-corrected chi connectivity index (χ4v) is 3.46. The van der Waals surface area contributed by atoms with Crippen LogP contribution in [0.2, 0.25) is 0 Å². The molecule has 8 heteroatoms. The Labute approximate surface area is 140 Å². The van der Waals surface area contributed by atoms with Gasteiger partial charge < -0.3 is 20.7 Å². The smallest absolute Gasteiger partial charge is 0.173 e. The van der Waals surface area contributed by atoms with Crippen LogP contribution in [0.3, 0.4) is 0 Å². The number of unbranched alkanes of at least 4 members (excludes halogenated alkanes) is 3. The van der Waals surface area contributed by atoms with Gasteiger partial charge in [0.15, 0.2) is 17.2 Å². The molecule has 0 aliphatic carbocycles. The van der Waals surface area contributed by atoms with Crippen LogP contribution in [-0.4, -0.2) is 48.5 Å². The Bertz CT molecular complexity index is 691. The van der Waals surface area contributed by atoms with Crippen LogP contribution in [0.25, 0.3) is 11.2 Å². The van der Waals surface area contributed by atoms with Crippen LogP contribution in [-0.2, 0) is 10.5 Å². The van der Waals surface area contributed by atoms with Gasteiger partial charge in [-0.25, -0.2) is 15.0 Å². The second-order valence-electron chi connectivity index (χ2n) is 6.38. The molecular weight excluding hydrogens is 310 g/mol. The SMILES string of the molecule is CCCCCC[C@@]1(n2cnc3c(N)ncnc32)O[C@H](CO)C[C@H]1O. The lowest BCUT2D eigenvalue weighted by atomic mass is 9.97. The summed E-state index contributed by atoms with van der Waals surface area (Å²) in [6.45, 7) is 2.03. The zero-order valence-electron chi connectivity index (χ0n) is 13.9. The summed E-state index contributed by atoms with van der Waals surface area (Å²) in [5.74, 6) is 0.297. The van der Waals surface area contributed by atoms with E-state index in [1.807, 2.05) is 0 Å². The number of imidazole rings is 1. The van der Waals surface area contributed by atoms with Crippen molar-refractivity contribution < 1.29 is 14.9 Å². The third-order valence-electron chi connectivity index (χ3n) is 4.74. The Hall–Kier alpha value is -1.77. The predicted octanol–water partition coefficient (Wildman–Crippen LogP) is 1.17. The Morgan fingerprint density at radius 2 is 2.17 bits per heavy atom. The largest absolute Gasteiger partial charge is 0.394 e. The lowest BCUT2D eigenvalue weighted by Crippen LogP contribution is -2.42. The van der Waals surface area contributed by atoms with Crippen LogP contribution >= 0.6 is 0 Å². The minimum atomic E-state index is -0.976. The maximum absolute atomic E-state index is 10.7. The first-order chi connectivity index (χ1) is 11.6. The van der Waals surface area contributed by atoms with Gasteiger partial charge in [-0.3, -0.25) is 4.57 Å². The highest BCUT2D eigenvalue weighted by Crippen LogP contribution is 2.41. The van der Waals surface area contributed by atoms with Gasteiger partial charge in [0.1, 0.15) is 17.9 Å². The first kappa shape index (κ1) is 17.1. The number of aromatic nitrogens is 4. The number of aliphatic hydroxyl groups excluding tert-OH is 2. The molecular formula is C16H25N5O3. The molecule has 2 aromatic heterocycles. The summed E-state index contributed by atoms with van der Waals surface area (Å²) in [4.78, 5) is 12.5. The Kier molecular flexibility index (Phi) is 4.98. The standard InChI is InChI=1S/C16H25N5O3/c1-2-3-4-5-6-16(12(23)7-11(8-22)24-16)21-10-20-13-14(17)18-9-19-15(13)21/h9-12,22-23H,2-8H2,1H3,(H2,17,18,19)/t11-,12+,16+/m0/s1. The maximum Gasteiger partial charge on any atom is 0.173 e. The predicted molar refractivity (Wildman–Crippen MR) is 89.1 cm³/mol. The second kappa shape index (κ2) is 7.00. The van der Waals surface area contributed by atoms with Crippen LogP contribution in [0.15, 0.2) is 12.7 Å². The van der Waals surface area contributed by atoms with Crippen LogP contribution in [0.5, 0.6) is 0 Å². The van der Waals surface area contributed by atoms with Gasteiger partial charge in [-0.05, 0) is 12.8 Å². The number of aliphatic hydroxyl groups is 2. The third kappa shape index (κ3) is 2.85. The number of ether oxygens (including phenoxy) is 1. The van der Waals surface area contributed by atoms with E-state index < -0.39 is 17.9 Å². The summed E-state index contributed by atoms with van der Waals surface area (Å²) in [6.07, 6.45) is 7.07. The number of nitrogens with two attached hydrogens (primary N) is 1. The molecule has 3 rings (SSSR count). The lowest BCUT2D eigenvalue weighted by Gasteiger charge is -2.34. The highest BCUT2D eigenvalue weighted by molar-refractivity contribution is 5.81. The monoisotopic (exact) mass is 335 g/mol. The van der Waals surface area contributed by atoms with E-state index in [-0.39, 0.29) is 6.61 Å². The van der Waals surface area contributed by atoms with Gasteiger partial charge in [-0.15, -0.1) is 0 Å². The molecule has 0 radical (unpaired) electrons. The molecule has 1 saturated heterocycles. The van der Waals surface area contributed by atoms with Gasteiger partial charge in [-0.1, -0.05) is 26.2 Å². The minimum absolute atomic E-state index is 0.127. The Morgan fingerprint density at radius 3 is 2.88 bits per heavy atom. The van der Waals surface area contributed by atoms with Gasteiger partial charge in [0.25, 0.3) is 0 Å². The molecule has 3 atom stereocenters. The van der Waals surface area contributed by atoms with Crippen LogP contribution in [0, 0.1) is 0 Å². The summed E-state index contributed by atoms with van der Waals surface area (Å²) >= 11 is 0. The molecule has 1 fully saturated rings. The maximum atomic E-state index is 10.7. The fourth-order valence-electron chi connectivity index (χ4n) is 3.46. The molecule has 3 heterocycles. The Morgan fingerprint density at radius 1 is 1.33 bits per heavy atom. The summed E-state index contributed by atoms with van der Waals surface area (Å²) in [7, 11) is 0. The number of nitrogens with zero attached hydrogens (tertiary/aromatic N) is 4. The van der Waals surface area contributed by atoms with E-state index in [1.54, 1.807) is 10.9 Å². The van der Waals surface area contributed by atoms with E-state index in [2.05, 4.69) is 21.9 Å². The van der Waals surface area contributed by atoms with Gasteiger partial charge in [0, 0.05) is 6.42 Å². The van der Waals surface area contributed by atoms with Crippen molar-refractivity contribution >= 4 is 17.0 Å². The zero-order chi connectivity index (χ0) is 17.2. The number of rotatable bonds is 7. The molecule has 0 unspecified atom stereocenters. The molecule has 0 aromatic carbocycles. The van der Waals surface area contributed by atoms with E-state index in [1.165, 1.54) is 6.33 Å². The van der Waals surface area contributed by atoms with Crippen molar-refractivity contribution in [2.45, 2.75) is 63.4 Å². The number of anilines is 1. The number of fused-ring (bicyclic) bond motifs is 1. The molecule has 8 nitrogen and oxygen atoms in total. The molecule has 0 amide bonds. The van der Waals surface area contributed by atoms with Crippen molar-refractivity contribution in [3.05, 3.63) is 12.7 Å². The average Bonchev–Trinajstić information content (AvgIpc) is 3.15. The molecule has 0 bridgehead atoms. The molecule has 1 aliphatic heterocycles. The van der Waals surface area contributed by atoms with Crippen LogP contribution < -0.4 is 5.73 Å². The van der Waals surface area contributed by atoms with E-state index in [0.717, 1.165) is 25.7 Å². The summed E-state index contributed by atoms with van der Waals surface area (Å²) in [5, 5.41) is 20.2. The first-order valence-corrected chi connectivity index (χ1v) is 8.53. The second-order valence-corrected chi connectivity index (χ2v) is 6.38. The van der Waals surface area contributed by atoms with Crippen LogP contribution in [0.4, 0.5) is 5.82 Å². The van der Waals surface area contributed by atoms with E-state index >= 15 is 0 Å². The molecule has 24 heavy (non-hydrogen) atoms. The van der Waals surface area contributed by atoms with Crippen molar-refractivity contribution in [2.75, 3.05) is 12.3 Å². The summed E-state index contributed by atoms with van der Waals surface area (Å²) < 4.78 is 7.86. The van der Waals surface area contributed by atoms with E-state index in [4.69, 9.17) is 10.5 Å². The van der Waals surface area contributed by atoms with Crippen molar-refractivity contribution in [3.8, 4) is 0 Å². The van der Waals surface area contributed by atoms with E-state index in [9.17, 15) is 10.2 Å². The molecule has 0 spiro atoms. The molecule has 2 aromatic rings. The highest BCUT2D eigenvalue weighted by atomic mass is 16.6. The number of hydrogen-bond acceptors (Lipinski definition) is 7. The molecule has 1 aliphatic rings.